The molecule has 1 aromatic carbocycles. The summed E-state index contributed by atoms with van der Waals surface area (Å²) in [6.07, 6.45) is -0.0206. The van der Waals surface area contributed by atoms with E-state index in [0.29, 0.717) is 17.9 Å². The van der Waals surface area contributed by atoms with Gasteiger partial charge in [-0.25, -0.2) is 4.39 Å². The molecule has 2 nitrogen and oxygen atoms in total. The van der Waals surface area contributed by atoms with Crippen LogP contribution in [0.25, 0.3) is 0 Å². The van der Waals surface area contributed by atoms with E-state index in [0.717, 1.165) is 0 Å². The molecular formula is C11H14ClFO2. The first-order valence-electron chi connectivity index (χ1n) is 4.66. The molecule has 1 aromatic rings. The van der Waals surface area contributed by atoms with E-state index in [1.54, 1.807) is 13.2 Å². The highest BCUT2D eigenvalue weighted by molar-refractivity contribution is 6.17. The van der Waals surface area contributed by atoms with E-state index >= 15 is 0 Å². The van der Waals surface area contributed by atoms with Gasteiger partial charge in [0.1, 0.15) is 18.2 Å². The smallest absolute Gasteiger partial charge is 0.127 e. The predicted molar refractivity (Wildman–Crippen MR) is 57.9 cm³/mol. The van der Waals surface area contributed by atoms with Crippen molar-refractivity contribution in [1.29, 1.82) is 0 Å². The van der Waals surface area contributed by atoms with Gasteiger partial charge in [-0.2, -0.15) is 0 Å². The van der Waals surface area contributed by atoms with Gasteiger partial charge in [-0.05, 0) is 24.6 Å². The van der Waals surface area contributed by atoms with E-state index in [1.165, 1.54) is 12.1 Å². The van der Waals surface area contributed by atoms with Crippen molar-refractivity contribution >= 4 is 11.6 Å². The third-order valence-electron chi connectivity index (χ3n) is 1.97. The topological polar surface area (TPSA) is 18.5 Å². The third-order valence-corrected chi connectivity index (χ3v) is 2.28. The van der Waals surface area contributed by atoms with E-state index < -0.39 is 0 Å². The Kier molecular flexibility index (Phi) is 4.85. The third kappa shape index (κ3) is 4.06. The molecule has 0 spiro atoms. The van der Waals surface area contributed by atoms with Crippen LogP contribution < -0.4 is 4.74 Å². The molecule has 0 fully saturated rings. The van der Waals surface area contributed by atoms with Crippen LogP contribution in [-0.2, 0) is 10.6 Å². The van der Waals surface area contributed by atoms with Crippen LogP contribution >= 0.6 is 11.6 Å². The predicted octanol–water partition coefficient (Wildman–Crippen LogP) is 2.98. The molecule has 1 atom stereocenters. The molecule has 0 aromatic heterocycles. The van der Waals surface area contributed by atoms with Gasteiger partial charge in [0.15, 0.2) is 0 Å². The number of benzene rings is 1. The molecule has 0 aliphatic carbocycles. The number of hydrogen-bond acceptors (Lipinski definition) is 2. The van der Waals surface area contributed by atoms with E-state index in [-0.39, 0.29) is 17.8 Å². The molecule has 1 rings (SSSR count). The minimum Gasteiger partial charge on any atom is -0.491 e. The normalized spacial score (nSPS) is 12.5. The van der Waals surface area contributed by atoms with Crippen LogP contribution in [0.2, 0.25) is 0 Å². The molecule has 0 saturated heterocycles. The van der Waals surface area contributed by atoms with Crippen LogP contribution in [0.3, 0.4) is 0 Å². The number of hydrogen-bond donors (Lipinski definition) is 0. The lowest BCUT2D eigenvalue weighted by atomic mass is 10.2. The summed E-state index contributed by atoms with van der Waals surface area (Å²) in [5.74, 6) is 0.413. The minimum absolute atomic E-state index is 0.0206. The van der Waals surface area contributed by atoms with Crippen molar-refractivity contribution in [2.24, 2.45) is 0 Å². The zero-order valence-electron chi connectivity index (χ0n) is 8.80. The van der Waals surface area contributed by atoms with Crippen LogP contribution in [-0.4, -0.2) is 19.8 Å². The molecule has 0 radical (unpaired) electrons. The van der Waals surface area contributed by atoms with Gasteiger partial charge in [0.05, 0.1) is 6.10 Å². The maximum atomic E-state index is 13.1. The van der Waals surface area contributed by atoms with Gasteiger partial charge >= 0.3 is 0 Å². The Bertz CT molecular complexity index is 317. The molecule has 0 amide bonds. The average molecular weight is 233 g/mol. The summed E-state index contributed by atoms with van der Waals surface area (Å²) in [6.45, 7) is 2.27. The lowest BCUT2D eigenvalue weighted by Crippen LogP contribution is -2.16. The second kappa shape index (κ2) is 5.93. The summed E-state index contributed by atoms with van der Waals surface area (Å²) >= 11 is 5.61. The standard InChI is InChI=1S/C11H14ClFO2/c1-8(14-2)7-15-11-4-9(6-12)3-10(13)5-11/h3-5,8H,6-7H2,1-2H3. The van der Waals surface area contributed by atoms with Crippen LogP contribution in [0.15, 0.2) is 18.2 Å². The van der Waals surface area contributed by atoms with E-state index in [9.17, 15) is 4.39 Å². The first-order chi connectivity index (χ1) is 7.15. The van der Waals surface area contributed by atoms with Gasteiger partial charge < -0.3 is 9.47 Å². The van der Waals surface area contributed by atoms with Gasteiger partial charge in [0.2, 0.25) is 0 Å². The zero-order chi connectivity index (χ0) is 11.3. The van der Waals surface area contributed by atoms with Crippen LogP contribution in [0.5, 0.6) is 5.75 Å². The van der Waals surface area contributed by atoms with Crippen molar-refractivity contribution in [2.45, 2.75) is 18.9 Å². The lowest BCUT2D eigenvalue weighted by Gasteiger charge is -2.12. The van der Waals surface area contributed by atoms with Crippen molar-refractivity contribution in [3.8, 4) is 5.75 Å². The lowest BCUT2D eigenvalue weighted by molar-refractivity contribution is 0.0715. The van der Waals surface area contributed by atoms with Crippen molar-refractivity contribution in [2.75, 3.05) is 13.7 Å². The number of rotatable bonds is 5. The molecule has 0 aliphatic heterocycles. The molecule has 15 heavy (non-hydrogen) atoms. The summed E-state index contributed by atoms with van der Waals surface area (Å²) in [5.41, 5.74) is 0.705. The van der Waals surface area contributed by atoms with Gasteiger partial charge in [-0.1, -0.05) is 0 Å². The number of methoxy groups -OCH3 is 1. The summed E-state index contributed by atoms with van der Waals surface area (Å²) in [7, 11) is 1.60. The summed E-state index contributed by atoms with van der Waals surface area (Å²) in [5, 5.41) is 0. The van der Waals surface area contributed by atoms with Crippen molar-refractivity contribution in [1.82, 2.24) is 0 Å². The van der Waals surface area contributed by atoms with Crippen molar-refractivity contribution in [3.63, 3.8) is 0 Å². The van der Waals surface area contributed by atoms with Crippen LogP contribution in [0, 0.1) is 5.82 Å². The van der Waals surface area contributed by atoms with Crippen molar-refractivity contribution in [3.05, 3.63) is 29.6 Å². The zero-order valence-corrected chi connectivity index (χ0v) is 9.55. The van der Waals surface area contributed by atoms with Gasteiger partial charge in [0.25, 0.3) is 0 Å². The Balaban J connectivity index is 2.64. The van der Waals surface area contributed by atoms with Crippen molar-refractivity contribution < 1.29 is 13.9 Å². The van der Waals surface area contributed by atoms with E-state index in [4.69, 9.17) is 21.1 Å². The molecule has 4 heteroatoms. The SMILES string of the molecule is COC(C)COc1cc(F)cc(CCl)c1. The molecule has 0 saturated carbocycles. The second-order valence-corrected chi connectivity index (χ2v) is 3.55. The fraction of sp³-hybridized carbons (Fsp3) is 0.455. The molecule has 0 aliphatic rings. The quantitative estimate of drug-likeness (QED) is 0.727. The molecule has 0 heterocycles. The molecule has 0 bridgehead atoms. The molecule has 0 N–H and O–H groups in total. The van der Waals surface area contributed by atoms with Crippen LogP contribution in [0.1, 0.15) is 12.5 Å². The van der Waals surface area contributed by atoms with Gasteiger partial charge in [-0.15, -0.1) is 11.6 Å². The van der Waals surface area contributed by atoms with Crippen LogP contribution in [0.4, 0.5) is 4.39 Å². The highest BCUT2D eigenvalue weighted by atomic mass is 35.5. The molecular weight excluding hydrogens is 219 g/mol. The Hall–Kier alpha value is -0.800. The maximum absolute atomic E-state index is 13.1. The highest BCUT2D eigenvalue weighted by Crippen LogP contribution is 2.18. The fourth-order valence-corrected chi connectivity index (χ4v) is 1.22. The highest BCUT2D eigenvalue weighted by Gasteiger charge is 2.04. The average Bonchev–Trinajstić information content (AvgIpc) is 2.25. The molecule has 84 valence electrons. The summed E-state index contributed by atoms with van der Waals surface area (Å²) < 4.78 is 23.4. The van der Waals surface area contributed by atoms with E-state index in [2.05, 4.69) is 0 Å². The summed E-state index contributed by atoms with van der Waals surface area (Å²) in [6, 6.07) is 4.44. The van der Waals surface area contributed by atoms with E-state index in [1.807, 2.05) is 6.92 Å². The largest absolute Gasteiger partial charge is 0.491 e. The number of ether oxygens (including phenoxy) is 2. The van der Waals surface area contributed by atoms with Gasteiger partial charge in [-0.3, -0.25) is 0 Å². The minimum atomic E-state index is -0.340. The Morgan fingerprint density at radius 1 is 1.40 bits per heavy atom. The Morgan fingerprint density at radius 2 is 2.13 bits per heavy atom. The Labute approximate surface area is 94.0 Å². The van der Waals surface area contributed by atoms with Gasteiger partial charge in [0, 0.05) is 19.1 Å². The Morgan fingerprint density at radius 3 is 2.73 bits per heavy atom. The second-order valence-electron chi connectivity index (χ2n) is 3.29. The fourth-order valence-electron chi connectivity index (χ4n) is 1.06. The first kappa shape index (κ1) is 12.3. The number of halogens is 2. The molecule has 1 unspecified atom stereocenters. The summed E-state index contributed by atoms with van der Waals surface area (Å²) in [4.78, 5) is 0. The first-order valence-corrected chi connectivity index (χ1v) is 5.20. The maximum Gasteiger partial charge on any atom is 0.127 e. The number of alkyl halides is 1. The monoisotopic (exact) mass is 232 g/mol.